The predicted molar refractivity (Wildman–Crippen MR) is 149 cm³/mol. The van der Waals surface area contributed by atoms with Crippen LogP contribution in [0.25, 0.3) is 22.3 Å². The normalized spacial score (nSPS) is 11.2. The number of ketones is 1. The summed E-state index contributed by atoms with van der Waals surface area (Å²) in [5, 5.41) is 4.23. The number of aromatic nitrogens is 5. The van der Waals surface area contributed by atoms with Crippen LogP contribution in [0.1, 0.15) is 21.6 Å². The molecule has 6 aromatic rings. The molecule has 0 saturated carbocycles. The number of rotatable bonds is 7. The highest BCUT2D eigenvalue weighted by molar-refractivity contribution is 5.98. The molecule has 0 N–H and O–H groups in total. The third-order valence-corrected chi connectivity index (χ3v) is 6.88. The van der Waals surface area contributed by atoms with Crippen LogP contribution in [0.4, 0.5) is 4.39 Å². The molecule has 6 rings (SSSR count). The molecule has 9 heteroatoms. The lowest BCUT2D eigenvalue weighted by Crippen LogP contribution is -2.23. The zero-order valence-electron chi connectivity index (χ0n) is 21.8. The number of carbonyl (C=O) groups is 1. The van der Waals surface area contributed by atoms with Gasteiger partial charge in [-0.05, 0) is 48.4 Å². The Kier molecular flexibility index (Phi) is 6.31. The molecule has 0 bridgehead atoms. The van der Waals surface area contributed by atoms with E-state index in [1.807, 2.05) is 60.8 Å². The van der Waals surface area contributed by atoms with Crippen molar-refractivity contribution < 1.29 is 13.9 Å². The number of benzene rings is 3. The van der Waals surface area contributed by atoms with E-state index in [0.29, 0.717) is 22.5 Å². The first-order valence-electron chi connectivity index (χ1n) is 12.6. The highest BCUT2D eigenvalue weighted by Crippen LogP contribution is 2.30. The zero-order valence-corrected chi connectivity index (χ0v) is 21.8. The first-order chi connectivity index (χ1) is 19.4. The van der Waals surface area contributed by atoms with Gasteiger partial charge in [0.1, 0.15) is 17.4 Å². The Morgan fingerprint density at radius 2 is 1.68 bits per heavy atom. The molecule has 0 unspecified atom stereocenters. The van der Waals surface area contributed by atoms with Gasteiger partial charge in [0.05, 0.1) is 5.69 Å². The molecule has 0 aliphatic rings. The van der Waals surface area contributed by atoms with Gasteiger partial charge < -0.3 is 4.74 Å². The smallest absolute Gasteiger partial charge is 0.282 e. The highest BCUT2D eigenvalue weighted by atomic mass is 19.1. The van der Waals surface area contributed by atoms with Crippen LogP contribution in [0.3, 0.4) is 0 Å². The van der Waals surface area contributed by atoms with Gasteiger partial charge in [0.25, 0.3) is 5.56 Å². The molecule has 8 nitrogen and oxygen atoms in total. The Bertz CT molecular complexity index is 1920. The summed E-state index contributed by atoms with van der Waals surface area (Å²) in [7, 11) is 1.73. The summed E-state index contributed by atoms with van der Waals surface area (Å²) in [4.78, 5) is 30.6. The fourth-order valence-electron chi connectivity index (χ4n) is 4.78. The minimum absolute atomic E-state index is 0.0402. The van der Waals surface area contributed by atoms with Gasteiger partial charge in [0.15, 0.2) is 17.3 Å². The van der Waals surface area contributed by atoms with Crippen molar-refractivity contribution in [2.75, 3.05) is 0 Å². The van der Waals surface area contributed by atoms with Gasteiger partial charge in [-0.3, -0.25) is 14.3 Å². The standard InChI is InChI=1S/C31H24FN5O3/c1-20-29(31(39)37(35(20)2)24-11-7-4-8-12-24)27(38)16-21-13-14-28(25(32)15-21)40-30-26-17-23(18-36(26)34-19-33-30)22-9-5-3-6-10-22/h3-15,17-19H,16H2,1-2H3. The number of hydrogen-bond donors (Lipinski definition) is 0. The maximum atomic E-state index is 15.2. The Morgan fingerprint density at radius 3 is 2.40 bits per heavy atom. The summed E-state index contributed by atoms with van der Waals surface area (Å²) in [6.07, 6.45) is 3.05. The van der Waals surface area contributed by atoms with Crippen LogP contribution in [0.15, 0.2) is 102 Å². The Balaban J connectivity index is 1.25. The van der Waals surface area contributed by atoms with Crippen LogP contribution in [-0.4, -0.2) is 29.7 Å². The van der Waals surface area contributed by atoms with Crippen molar-refractivity contribution >= 4 is 11.3 Å². The molecule has 3 heterocycles. The highest BCUT2D eigenvalue weighted by Gasteiger charge is 2.23. The SMILES string of the molecule is Cc1c(C(=O)Cc2ccc(Oc3ncnn4cc(-c5ccccc5)cc34)c(F)c2)c(=O)n(-c2ccccc2)n1C. The quantitative estimate of drug-likeness (QED) is 0.251. The molecule has 3 aromatic heterocycles. The van der Waals surface area contributed by atoms with E-state index in [1.54, 1.807) is 41.4 Å². The molecule has 40 heavy (non-hydrogen) atoms. The van der Waals surface area contributed by atoms with Crippen molar-refractivity contribution in [3.8, 4) is 28.4 Å². The molecule has 0 aliphatic heterocycles. The van der Waals surface area contributed by atoms with Crippen molar-refractivity contribution in [2.45, 2.75) is 13.3 Å². The van der Waals surface area contributed by atoms with Crippen LogP contribution in [-0.2, 0) is 13.5 Å². The summed E-state index contributed by atoms with van der Waals surface area (Å²) in [6.45, 7) is 1.72. The second-order valence-electron chi connectivity index (χ2n) is 9.39. The van der Waals surface area contributed by atoms with E-state index in [-0.39, 0.29) is 29.4 Å². The molecule has 0 atom stereocenters. The second-order valence-corrected chi connectivity index (χ2v) is 9.39. The van der Waals surface area contributed by atoms with E-state index in [4.69, 9.17) is 4.74 Å². The van der Waals surface area contributed by atoms with Gasteiger partial charge >= 0.3 is 0 Å². The van der Waals surface area contributed by atoms with E-state index in [9.17, 15) is 9.59 Å². The zero-order chi connectivity index (χ0) is 27.8. The van der Waals surface area contributed by atoms with Crippen LogP contribution in [0.5, 0.6) is 11.6 Å². The van der Waals surface area contributed by atoms with Gasteiger partial charge in [-0.2, -0.15) is 10.1 Å². The lowest BCUT2D eigenvalue weighted by Gasteiger charge is -2.08. The third kappa shape index (κ3) is 4.47. The molecule has 3 aromatic carbocycles. The molecular formula is C31H24FN5O3. The van der Waals surface area contributed by atoms with Crippen molar-refractivity contribution in [1.82, 2.24) is 24.0 Å². The van der Waals surface area contributed by atoms with Crippen molar-refractivity contribution in [1.29, 1.82) is 0 Å². The van der Waals surface area contributed by atoms with E-state index in [2.05, 4.69) is 10.1 Å². The monoisotopic (exact) mass is 533 g/mol. The minimum atomic E-state index is -0.650. The Morgan fingerprint density at radius 1 is 0.950 bits per heavy atom. The number of para-hydroxylation sites is 1. The summed E-state index contributed by atoms with van der Waals surface area (Å²) < 4.78 is 25.7. The predicted octanol–water partition coefficient (Wildman–Crippen LogP) is 5.55. The largest absolute Gasteiger partial charge is 0.434 e. The van der Waals surface area contributed by atoms with E-state index in [0.717, 1.165) is 11.1 Å². The second kappa shape index (κ2) is 10.1. The Labute approximate surface area is 228 Å². The summed E-state index contributed by atoms with van der Waals surface area (Å²) >= 11 is 0. The molecule has 0 amide bonds. The fraction of sp³-hybridized carbons (Fsp3) is 0.0968. The molecule has 0 fully saturated rings. The number of halogens is 1. The van der Waals surface area contributed by atoms with Gasteiger partial charge in [0.2, 0.25) is 5.88 Å². The van der Waals surface area contributed by atoms with Crippen molar-refractivity contribution in [3.05, 3.63) is 130 Å². The summed E-state index contributed by atoms with van der Waals surface area (Å²) in [6, 6.07) is 25.1. The summed E-state index contributed by atoms with van der Waals surface area (Å²) in [5.74, 6) is -0.883. The Hall–Kier alpha value is -5.31. The summed E-state index contributed by atoms with van der Waals surface area (Å²) in [5.41, 5.74) is 3.78. The molecule has 0 aliphatic carbocycles. The van der Waals surface area contributed by atoms with Crippen LogP contribution in [0, 0.1) is 12.7 Å². The maximum absolute atomic E-state index is 15.2. The number of ether oxygens (including phenoxy) is 1. The minimum Gasteiger partial charge on any atom is -0.434 e. The van der Waals surface area contributed by atoms with Gasteiger partial charge in [-0.15, -0.1) is 0 Å². The van der Waals surface area contributed by atoms with Gasteiger partial charge in [0, 0.05) is 30.9 Å². The number of nitrogens with zero attached hydrogens (tertiary/aromatic N) is 5. The topological polar surface area (TPSA) is 83.4 Å². The van der Waals surface area contributed by atoms with Crippen LogP contribution >= 0.6 is 0 Å². The molecule has 0 saturated heterocycles. The van der Waals surface area contributed by atoms with Crippen molar-refractivity contribution in [3.63, 3.8) is 0 Å². The molecule has 0 spiro atoms. The van der Waals surface area contributed by atoms with Gasteiger partial charge in [-0.1, -0.05) is 54.6 Å². The first-order valence-corrected chi connectivity index (χ1v) is 12.6. The number of fused-ring (bicyclic) bond motifs is 1. The molecular weight excluding hydrogens is 509 g/mol. The van der Waals surface area contributed by atoms with Crippen LogP contribution < -0.4 is 10.3 Å². The first kappa shape index (κ1) is 25.0. The van der Waals surface area contributed by atoms with E-state index in [1.165, 1.54) is 23.1 Å². The third-order valence-electron chi connectivity index (χ3n) is 6.88. The number of carbonyl (C=O) groups excluding carboxylic acids is 1. The van der Waals surface area contributed by atoms with Crippen LogP contribution in [0.2, 0.25) is 0 Å². The van der Waals surface area contributed by atoms with E-state index < -0.39 is 11.4 Å². The fourth-order valence-corrected chi connectivity index (χ4v) is 4.78. The lowest BCUT2D eigenvalue weighted by molar-refractivity contribution is 0.0991. The average molecular weight is 534 g/mol. The lowest BCUT2D eigenvalue weighted by atomic mass is 10.0. The molecule has 198 valence electrons. The average Bonchev–Trinajstić information content (AvgIpc) is 3.50. The molecule has 0 radical (unpaired) electrons. The van der Waals surface area contributed by atoms with Gasteiger partial charge in [-0.25, -0.2) is 13.6 Å². The number of Topliss-reactive ketones (excluding diaryl/α,β-unsaturated/α-hetero) is 1. The maximum Gasteiger partial charge on any atom is 0.282 e. The van der Waals surface area contributed by atoms with E-state index >= 15 is 4.39 Å². The van der Waals surface area contributed by atoms with Crippen molar-refractivity contribution in [2.24, 2.45) is 7.05 Å². The number of hydrogen-bond acceptors (Lipinski definition) is 5.